The fourth-order valence-corrected chi connectivity index (χ4v) is 3.23. The number of amides is 2. The Balaban J connectivity index is 1.73. The van der Waals surface area contributed by atoms with Gasteiger partial charge in [-0.1, -0.05) is 13.0 Å². The summed E-state index contributed by atoms with van der Waals surface area (Å²) in [5.74, 6) is 0.0466. The van der Waals surface area contributed by atoms with Crippen LogP contribution in [0.1, 0.15) is 24.8 Å². The van der Waals surface area contributed by atoms with E-state index >= 15 is 0 Å². The van der Waals surface area contributed by atoms with Crippen molar-refractivity contribution in [2.24, 2.45) is 11.8 Å². The van der Waals surface area contributed by atoms with E-state index in [-0.39, 0.29) is 18.5 Å². The van der Waals surface area contributed by atoms with E-state index in [2.05, 4.69) is 10.3 Å². The van der Waals surface area contributed by atoms with Crippen molar-refractivity contribution in [3.05, 3.63) is 35.7 Å². The molecule has 0 bridgehead atoms. The lowest BCUT2D eigenvalue weighted by Gasteiger charge is -2.34. The van der Waals surface area contributed by atoms with E-state index < -0.39 is 11.9 Å². The van der Waals surface area contributed by atoms with E-state index in [4.69, 9.17) is 4.42 Å². The van der Waals surface area contributed by atoms with Gasteiger partial charge in [0.2, 0.25) is 5.89 Å². The van der Waals surface area contributed by atoms with Crippen molar-refractivity contribution in [2.45, 2.75) is 27.2 Å². The average Bonchev–Trinajstić information content (AvgIpc) is 2.93. The van der Waals surface area contributed by atoms with Gasteiger partial charge < -0.3 is 19.7 Å². The minimum atomic E-state index is -0.856. The van der Waals surface area contributed by atoms with E-state index in [1.165, 1.54) is 0 Å². The summed E-state index contributed by atoms with van der Waals surface area (Å²) in [6.07, 6.45) is 0.595. The quantitative estimate of drug-likeness (QED) is 0.876. The molecule has 1 fully saturated rings. The van der Waals surface area contributed by atoms with Crippen LogP contribution in [0.5, 0.6) is 0 Å². The molecule has 2 unspecified atom stereocenters. The van der Waals surface area contributed by atoms with Crippen LogP contribution in [0.2, 0.25) is 0 Å². The van der Waals surface area contributed by atoms with Crippen LogP contribution < -0.4 is 5.32 Å². The molecule has 2 atom stereocenters. The van der Waals surface area contributed by atoms with Crippen molar-refractivity contribution < 1.29 is 19.1 Å². The standard InChI is InChI=1S/C19H23N3O4/c1-11-7-15(18(23)24)10-22(9-11)19(25)21-16-6-4-5-14(8-16)17-20-12(2)13(3)26-17/h4-6,8,11,15H,7,9-10H2,1-3H3,(H,21,25)(H,23,24). The van der Waals surface area contributed by atoms with Crippen molar-refractivity contribution >= 4 is 17.7 Å². The van der Waals surface area contributed by atoms with E-state index in [1.54, 1.807) is 17.0 Å². The molecule has 0 saturated carbocycles. The van der Waals surface area contributed by atoms with Crippen LogP contribution in [0.15, 0.2) is 28.7 Å². The Bertz CT molecular complexity index is 810. The van der Waals surface area contributed by atoms with E-state index in [0.29, 0.717) is 24.5 Å². The number of carbonyl (C=O) groups is 2. The van der Waals surface area contributed by atoms with E-state index in [1.807, 2.05) is 32.9 Å². The van der Waals surface area contributed by atoms with Gasteiger partial charge in [-0.3, -0.25) is 4.79 Å². The van der Waals surface area contributed by atoms with Gasteiger partial charge in [-0.2, -0.15) is 0 Å². The zero-order chi connectivity index (χ0) is 18.8. The number of hydrogen-bond donors (Lipinski definition) is 2. The number of carboxylic acids is 1. The summed E-state index contributed by atoms with van der Waals surface area (Å²) in [5, 5.41) is 12.1. The molecule has 0 radical (unpaired) electrons. The number of aromatic nitrogens is 1. The summed E-state index contributed by atoms with van der Waals surface area (Å²) >= 11 is 0. The SMILES string of the molecule is Cc1nc(-c2cccc(NC(=O)N3CC(C)CC(C(=O)O)C3)c2)oc1C. The Morgan fingerprint density at radius 3 is 2.73 bits per heavy atom. The summed E-state index contributed by atoms with van der Waals surface area (Å²) in [7, 11) is 0. The maximum Gasteiger partial charge on any atom is 0.321 e. The molecular formula is C19H23N3O4. The predicted molar refractivity (Wildman–Crippen MR) is 96.9 cm³/mol. The minimum absolute atomic E-state index is 0.153. The molecule has 26 heavy (non-hydrogen) atoms. The molecule has 0 spiro atoms. The third-order valence-electron chi connectivity index (χ3n) is 4.69. The second-order valence-corrected chi connectivity index (χ2v) is 6.95. The average molecular weight is 357 g/mol. The van der Waals surface area contributed by atoms with Gasteiger partial charge in [0.15, 0.2) is 0 Å². The Kier molecular flexibility index (Phi) is 4.97. The van der Waals surface area contributed by atoms with Crippen LogP contribution in [0.25, 0.3) is 11.5 Å². The summed E-state index contributed by atoms with van der Waals surface area (Å²) < 4.78 is 5.63. The number of nitrogens with one attached hydrogen (secondary N) is 1. The third kappa shape index (κ3) is 3.87. The summed E-state index contributed by atoms with van der Waals surface area (Å²) in [6.45, 7) is 6.47. The Labute approximate surface area is 152 Å². The Morgan fingerprint density at radius 1 is 1.31 bits per heavy atom. The molecule has 1 aromatic carbocycles. The lowest BCUT2D eigenvalue weighted by molar-refractivity contribution is -0.143. The normalized spacial score (nSPS) is 20.0. The first-order chi connectivity index (χ1) is 12.3. The number of piperidine rings is 1. The number of oxazole rings is 1. The molecule has 7 nitrogen and oxygen atoms in total. The van der Waals surface area contributed by atoms with Crippen molar-refractivity contribution in [3.8, 4) is 11.5 Å². The zero-order valence-corrected chi connectivity index (χ0v) is 15.2. The van der Waals surface area contributed by atoms with Gasteiger partial charge in [0, 0.05) is 24.3 Å². The van der Waals surface area contributed by atoms with Crippen LogP contribution in [-0.4, -0.2) is 40.1 Å². The first-order valence-corrected chi connectivity index (χ1v) is 8.66. The number of aliphatic carboxylic acids is 1. The summed E-state index contributed by atoms with van der Waals surface area (Å²) in [6, 6.07) is 6.97. The second kappa shape index (κ2) is 7.19. The number of urea groups is 1. The van der Waals surface area contributed by atoms with Crippen LogP contribution in [-0.2, 0) is 4.79 Å². The predicted octanol–water partition coefficient (Wildman–Crippen LogP) is 3.53. The molecule has 0 aliphatic carbocycles. The zero-order valence-electron chi connectivity index (χ0n) is 15.2. The van der Waals surface area contributed by atoms with Gasteiger partial charge >= 0.3 is 12.0 Å². The number of likely N-dealkylation sites (tertiary alicyclic amines) is 1. The second-order valence-electron chi connectivity index (χ2n) is 6.95. The van der Waals surface area contributed by atoms with Crippen molar-refractivity contribution in [2.75, 3.05) is 18.4 Å². The lowest BCUT2D eigenvalue weighted by Crippen LogP contribution is -2.47. The van der Waals surface area contributed by atoms with E-state index in [0.717, 1.165) is 17.0 Å². The smallest absolute Gasteiger partial charge is 0.321 e. The molecule has 2 N–H and O–H groups in total. The summed E-state index contributed by atoms with van der Waals surface area (Å²) in [4.78, 5) is 29.8. The number of aryl methyl sites for hydroxylation is 2. The van der Waals surface area contributed by atoms with Crippen molar-refractivity contribution in [1.29, 1.82) is 0 Å². The van der Waals surface area contributed by atoms with Gasteiger partial charge in [0.25, 0.3) is 0 Å². The Hall–Kier alpha value is -2.83. The Morgan fingerprint density at radius 2 is 2.08 bits per heavy atom. The van der Waals surface area contributed by atoms with Crippen molar-refractivity contribution in [1.82, 2.24) is 9.88 Å². The molecule has 2 amide bonds. The molecular weight excluding hydrogens is 334 g/mol. The molecule has 2 heterocycles. The largest absolute Gasteiger partial charge is 0.481 e. The number of carbonyl (C=O) groups excluding carboxylic acids is 1. The molecule has 3 rings (SSSR count). The fourth-order valence-electron chi connectivity index (χ4n) is 3.23. The highest BCUT2D eigenvalue weighted by Crippen LogP contribution is 2.25. The summed E-state index contributed by atoms with van der Waals surface area (Å²) in [5.41, 5.74) is 2.22. The molecule has 7 heteroatoms. The van der Waals surface area contributed by atoms with Gasteiger partial charge in [0.05, 0.1) is 11.6 Å². The number of anilines is 1. The number of nitrogens with zero attached hydrogens (tertiary/aromatic N) is 2. The molecule has 2 aromatic rings. The van der Waals surface area contributed by atoms with Gasteiger partial charge in [0.1, 0.15) is 5.76 Å². The lowest BCUT2D eigenvalue weighted by atomic mass is 9.91. The first-order valence-electron chi connectivity index (χ1n) is 8.66. The van der Waals surface area contributed by atoms with Crippen LogP contribution in [0.4, 0.5) is 10.5 Å². The van der Waals surface area contributed by atoms with Gasteiger partial charge in [-0.25, -0.2) is 9.78 Å². The molecule has 138 valence electrons. The topological polar surface area (TPSA) is 95.7 Å². The van der Waals surface area contributed by atoms with Gasteiger partial charge in [-0.05, 0) is 44.4 Å². The fraction of sp³-hybridized carbons (Fsp3) is 0.421. The highest BCUT2D eigenvalue weighted by molar-refractivity contribution is 5.90. The van der Waals surface area contributed by atoms with Crippen molar-refractivity contribution in [3.63, 3.8) is 0 Å². The first kappa shape index (κ1) is 18.0. The highest BCUT2D eigenvalue weighted by Gasteiger charge is 2.31. The molecule has 1 aliphatic heterocycles. The van der Waals surface area contributed by atoms with Crippen LogP contribution >= 0.6 is 0 Å². The maximum atomic E-state index is 12.6. The highest BCUT2D eigenvalue weighted by atomic mass is 16.4. The monoisotopic (exact) mass is 357 g/mol. The third-order valence-corrected chi connectivity index (χ3v) is 4.69. The molecule has 1 aromatic heterocycles. The number of hydrogen-bond acceptors (Lipinski definition) is 4. The maximum absolute atomic E-state index is 12.6. The van der Waals surface area contributed by atoms with Crippen LogP contribution in [0.3, 0.4) is 0 Å². The minimum Gasteiger partial charge on any atom is -0.481 e. The number of carboxylic acid groups (broad SMARTS) is 1. The van der Waals surface area contributed by atoms with E-state index in [9.17, 15) is 14.7 Å². The van der Waals surface area contributed by atoms with Crippen LogP contribution in [0, 0.1) is 25.7 Å². The molecule has 1 saturated heterocycles. The van der Waals surface area contributed by atoms with Gasteiger partial charge in [-0.15, -0.1) is 0 Å². The molecule has 1 aliphatic rings. The number of benzene rings is 1. The number of rotatable bonds is 3.